The lowest BCUT2D eigenvalue weighted by atomic mass is 9.95. The summed E-state index contributed by atoms with van der Waals surface area (Å²) in [7, 11) is 1.61. The number of fused-ring (bicyclic) bond motifs is 1. The van der Waals surface area contributed by atoms with Crippen LogP contribution in [0.1, 0.15) is 63.6 Å². The Balaban J connectivity index is 1.72. The number of rotatable bonds is 13. The predicted octanol–water partition coefficient (Wildman–Crippen LogP) is 7.81. The van der Waals surface area contributed by atoms with Crippen LogP contribution in [-0.4, -0.2) is 41.1 Å². The Bertz CT molecular complexity index is 1380. The molecule has 40 heavy (non-hydrogen) atoms. The van der Waals surface area contributed by atoms with Crippen molar-refractivity contribution in [1.82, 2.24) is 14.8 Å². The van der Waals surface area contributed by atoms with Crippen molar-refractivity contribution in [3.05, 3.63) is 68.3 Å². The second kappa shape index (κ2) is 14.3. The number of benzene rings is 2. The molecule has 2 aromatic carbocycles. The summed E-state index contributed by atoms with van der Waals surface area (Å²) in [5.41, 5.74) is 2.89. The number of allylic oxidation sites excluding steroid dienone is 1. The van der Waals surface area contributed by atoms with Gasteiger partial charge in [-0.25, -0.2) is 9.48 Å². The van der Waals surface area contributed by atoms with Gasteiger partial charge in [-0.1, -0.05) is 68.3 Å². The van der Waals surface area contributed by atoms with Gasteiger partial charge in [0.15, 0.2) is 11.5 Å². The molecule has 8 nitrogen and oxygen atoms in total. The first-order chi connectivity index (χ1) is 19.4. The number of ether oxygens (including phenoxy) is 3. The Morgan fingerprint density at radius 2 is 1.98 bits per heavy atom. The maximum Gasteiger partial charge on any atom is 0.338 e. The molecule has 1 aliphatic rings. The van der Waals surface area contributed by atoms with Crippen LogP contribution in [0.5, 0.6) is 11.5 Å². The fourth-order valence-electron chi connectivity index (χ4n) is 4.36. The SMILES string of the molecule is CCCCCOc1c(Br)cc(C2C(C(=O)OCCC)=C(C)Nc3nc(SCc4ccccc4Cl)nn32)cc1OC. The van der Waals surface area contributed by atoms with Crippen LogP contribution in [0.3, 0.4) is 0 Å². The van der Waals surface area contributed by atoms with Crippen LogP contribution in [0.15, 0.2) is 57.3 Å². The molecule has 1 atom stereocenters. The van der Waals surface area contributed by atoms with Gasteiger partial charge in [-0.05, 0) is 65.0 Å². The van der Waals surface area contributed by atoms with Crippen molar-refractivity contribution in [3.63, 3.8) is 0 Å². The van der Waals surface area contributed by atoms with E-state index in [2.05, 4.69) is 28.2 Å². The molecule has 4 rings (SSSR count). The number of nitrogens with one attached hydrogen (secondary N) is 1. The zero-order valence-electron chi connectivity index (χ0n) is 23.1. The summed E-state index contributed by atoms with van der Waals surface area (Å²) in [4.78, 5) is 18.1. The molecule has 0 amide bonds. The van der Waals surface area contributed by atoms with Gasteiger partial charge in [0.1, 0.15) is 6.04 Å². The topological polar surface area (TPSA) is 87.5 Å². The van der Waals surface area contributed by atoms with E-state index in [1.54, 1.807) is 11.8 Å². The van der Waals surface area contributed by atoms with Crippen molar-refractivity contribution in [2.24, 2.45) is 0 Å². The third kappa shape index (κ3) is 6.95. The lowest BCUT2D eigenvalue weighted by Gasteiger charge is -2.28. The molecule has 0 aliphatic carbocycles. The van der Waals surface area contributed by atoms with Gasteiger partial charge in [0.25, 0.3) is 0 Å². The fourth-order valence-corrected chi connectivity index (χ4v) is 6.05. The summed E-state index contributed by atoms with van der Waals surface area (Å²) in [6.45, 7) is 6.87. The van der Waals surface area contributed by atoms with Gasteiger partial charge in [-0.15, -0.1) is 5.10 Å². The van der Waals surface area contributed by atoms with E-state index in [0.29, 0.717) is 57.9 Å². The number of halogens is 2. The maximum absolute atomic E-state index is 13.4. The molecule has 11 heteroatoms. The number of thioether (sulfide) groups is 1. The summed E-state index contributed by atoms with van der Waals surface area (Å²) in [6, 6.07) is 10.9. The van der Waals surface area contributed by atoms with E-state index in [9.17, 15) is 4.79 Å². The molecule has 0 saturated carbocycles. The molecule has 0 radical (unpaired) electrons. The number of esters is 1. The molecule has 1 N–H and O–H groups in total. The van der Waals surface area contributed by atoms with Gasteiger partial charge in [0, 0.05) is 16.5 Å². The Kier molecular flexibility index (Phi) is 10.8. The lowest BCUT2D eigenvalue weighted by molar-refractivity contribution is -0.139. The van der Waals surface area contributed by atoms with Crippen molar-refractivity contribution in [2.75, 3.05) is 25.6 Å². The minimum absolute atomic E-state index is 0.322. The zero-order valence-corrected chi connectivity index (χ0v) is 26.3. The first-order valence-corrected chi connectivity index (χ1v) is 15.5. The lowest BCUT2D eigenvalue weighted by Crippen LogP contribution is -2.30. The number of anilines is 1. The van der Waals surface area contributed by atoms with Gasteiger partial charge < -0.3 is 19.5 Å². The normalized spacial score (nSPS) is 14.5. The van der Waals surface area contributed by atoms with E-state index in [0.717, 1.165) is 41.3 Å². The van der Waals surface area contributed by atoms with Crippen LogP contribution in [-0.2, 0) is 15.3 Å². The minimum atomic E-state index is -0.595. The summed E-state index contributed by atoms with van der Waals surface area (Å²) < 4.78 is 19.9. The van der Waals surface area contributed by atoms with E-state index in [1.807, 2.05) is 50.2 Å². The highest BCUT2D eigenvalue weighted by molar-refractivity contribution is 9.10. The standard InChI is InChI=1S/C29H34BrClN4O4S/c1-5-7-10-14-38-26-21(30)15-20(16-23(26)37-4)25-24(27(36)39-13-6-2)18(3)32-28-33-29(34-35(25)28)40-17-19-11-8-9-12-22(19)31/h8-9,11-12,15-16,25H,5-7,10,13-14,17H2,1-4H3,(H,32,33,34). The monoisotopic (exact) mass is 648 g/mol. The molecule has 0 bridgehead atoms. The number of methoxy groups -OCH3 is 1. The minimum Gasteiger partial charge on any atom is -0.493 e. The number of unbranched alkanes of at least 4 members (excludes halogenated alkanes) is 2. The summed E-state index contributed by atoms with van der Waals surface area (Å²) >= 11 is 11.5. The van der Waals surface area contributed by atoms with Crippen LogP contribution in [0.2, 0.25) is 5.02 Å². The van der Waals surface area contributed by atoms with Gasteiger partial charge in [-0.3, -0.25) is 0 Å². The van der Waals surface area contributed by atoms with E-state index in [-0.39, 0.29) is 0 Å². The fraction of sp³-hybridized carbons (Fsp3) is 0.414. The molecule has 1 aliphatic heterocycles. The van der Waals surface area contributed by atoms with Gasteiger partial charge in [0.05, 0.1) is 30.4 Å². The van der Waals surface area contributed by atoms with Crippen molar-refractivity contribution < 1.29 is 19.0 Å². The highest BCUT2D eigenvalue weighted by Gasteiger charge is 2.36. The average Bonchev–Trinajstić information content (AvgIpc) is 3.35. The average molecular weight is 650 g/mol. The van der Waals surface area contributed by atoms with E-state index in [4.69, 9.17) is 35.9 Å². The second-order valence-corrected chi connectivity index (χ2v) is 11.5. The number of hydrogen-bond donors (Lipinski definition) is 1. The van der Waals surface area contributed by atoms with Crippen LogP contribution in [0.25, 0.3) is 0 Å². The molecule has 0 spiro atoms. The zero-order chi connectivity index (χ0) is 28.6. The maximum atomic E-state index is 13.4. The first-order valence-electron chi connectivity index (χ1n) is 13.4. The number of nitrogens with zero attached hydrogens (tertiary/aromatic N) is 3. The third-order valence-corrected chi connectivity index (χ3v) is 8.21. The van der Waals surface area contributed by atoms with Gasteiger partial charge >= 0.3 is 5.97 Å². The van der Waals surface area contributed by atoms with Crippen molar-refractivity contribution in [3.8, 4) is 11.5 Å². The summed E-state index contributed by atoms with van der Waals surface area (Å²) in [5, 5.41) is 9.32. The Morgan fingerprint density at radius 1 is 1.18 bits per heavy atom. The molecular weight excluding hydrogens is 616 g/mol. The van der Waals surface area contributed by atoms with Crippen LogP contribution < -0.4 is 14.8 Å². The van der Waals surface area contributed by atoms with Crippen LogP contribution >= 0.6 is 39.3 Å². The van der Waals surface area contributed by atoms with Crippen LogP contribution in [0, 0.1) is 0 Å². The molecule has 1 aromatic heterocycles. The Labute approximate surface area is 252 Å². The van der Waals surface area contributed by atoms with E-state index >= 15 is 0 Å². The summed E-state index contributed by atoms with van der Waals surface area (Å²) in [6.07, 6.45) is 3.87. The number of carbonyl (C=O) groups excluding carboxylic acids is 1. The number of carbonyl (C=O) groups is 1. The number of aromatic nitrogens is 3. The quantitative estimate of drug-likeness (QED) is 0.114. The second-order valence-electron chi connectivity index (χ2n) is 9.33. The van der Waals surface area contributed by atoms with Crippen molar-refractivity contribution in [1.29, 1.82) is 0 Å². The molecule has 0 saturated heterocycles. The largest absolute Gasteiger partial charge is 0.493 e. The van der Waals surface area contributed by atoms with Gasteiger partial charge in [0.2, 0.25) is 11.1 Å². The molecule has 214 valence electrons. The summed E-state index contributed by atoms with van der Waals surface area (Å²) in [5.74, 6) is 1.93. The molecule has 0 fully saturated rings. The van der Waals surface area contributed by atoms with E-state index in [1.165, 1.54) is 11.8 Å². The number of hydrogen-bond acceptors (Lipinski definition) is 8. The van der Waals surface area contributed by atoms with Crippen LogP contribution in [0.4, 0.5) is 5.95 Å². The molecule has 1 unspecified atom stereocenters. The van der Waals surface area contributed by atoms with Crippen molar-refractivity contribution >= 4 is 51.2 Å². The highest BCUT2D eigenvalue weighted by atomic mass is 79.9. The molecule has 3 aromatic rings. The predicted molar refractivity (Wildman–Crippen MR) is 162 cm³/mol. The van der Waals surface area contributed by atoms with Gasteiger partial charge in [-0.2, -0.15) is 4.98 Å². The van der Waals surface area contributed by atoms with E-state index < -0.39 is 12.0 Å². The Hall–Kier alpha value is -2.69. The van der Waals surface area contributed by atoms with Crippen molar-refractivity contribution in [2.45, 2.75) is 63.4 Å². The highest BCUT2D eigenvalue weighted by Crippen LogP contribution is 2.43. The molecular formula is C29H34BrClN4O4S. The third-order valence-electron chi connectivity index (χ3n) is 6.37. The first kappa shape index (κ1) is 30.3. The Morgan fingerprint density at radius 3 is 2.70 bits per heavy atom. The molecule has 2 heterocycles. The smallest absolute Gasteiger partial charge is 0.338 e.